The van der Waals surface area contributed by atoms with E-state index >= 15 is 0 Å². The van der Waals surface area contributed by atoms with Crippen LogP contribution in [-0.4, -0.2) is 20.1 Å². The minimum absolute atomic E-state index is 0.0988. The second kappa shape index (κ2) is 4.72. The van der Waals surface area contributed by atoms with E-state index in [0.717, 1.165) is 12.8 Å². The number of carbonyl (C=O) groups is 1. The Labute approximate surface area is 113 Å². The minimum atomic E-state index is -0.0988. The molecule has 2 aliphatic rings. The summed E-state index contributed by atoms with van der Waals surface area (Å²) < 4.78 is 4.84. The number of hydrogen-bond acceptors (Lipinski definition) is 3. The van der Waals surface area contributed by atoms with E-state index in [1.807, 2.05) is 0 Å². The smallest absolute Gasteiger partial charge is 0.305 e. The number of hydrogen-bond donors (Lipinski definition) is 0. The largest absolute Gasteiger partial charge is 0.469 e. The van der Waals surface area contributed by atoms with Crippen LogP contribution in [0.5, 0.6) is 0 Å². The van der Waals surface area contributed by atoms with Gasteiger partial charge in [-0.25, -0.2) is 0 Å². The quantitative estimate of drug-likeness (QED) is 0.763. The maximum Gasteiger partial charge on any atom is 0.305 e. The fourth-order valence-corrected chi connectivity index (χ4v) is 3.45. The van der Waals surface area contributed by atoms with E-state index in [2.05, 4.69) is 42.3 Å². The van der Waals surface area contributed by atoms with Gasteiger partial charge in [0.25, 0.3) is 0 Å². The number of methoxy groups -OCH3 is 1. The van der Waals surface area contributed by atoms with Gasteiger partial charge >= 0.3 is 5.97 Å². The lowest BCUT2D eigenvalue weighted by Crippen LogP contribution is -2.24. The monoisotopic (exact) mass is 257 g/mol. The predicted octanol–water partition coefficient (Wildman–Crippen LogP) is 3.08. The molecule has 0 fully saturated rings. The van der Waals surface area contributed by atoms with E-state index in [-0.39, 0.29) is 5.97 Å². The lowest BCUT2D eigenvalue weighted by Gasteiger charge is -2.29. The van der Waals surface area contributed by atoms with Crippen molar-refractivity contribution in [2.45, 2.75) is 25.2 Å². The number of carbonyl (C=O) groups excluding carboxylic acids is 1. The third-order valence-electron chi connectivity index (χ3n) is 4.36. The first-order chi connectivity index (χ1) is 9.22. The molecule has 1 aromatic carbocycles. The number of esters is 1. The highest BCUT2D eigenvalue weighted by atomic mass is 16.5. The van der Waals surface area contributed by atoms with Crippen LogP contribution in [0.15, 0.2) is 36.0 Å². The van der Waals surface area contributed by atoms with E-state index < -0.39 is 0 Å². The first-order valence-corrected chi connectivity index (χ1v) is 6.82. The zero-order valence-corrected chi connectivity index (χ0v) is 11.4. The normalized spacial score (nSPS) is 24.5. The fourth-order valence-electron chi connectivity index (χ4n) is 3.45. The van der Waals surface area contributed by atoms with Crippen molar-refractivity contribution in [2.24, 2.45) is 5.92 Å². The van der Waals surface area contributed by atoms with Gasteiger partial charge in [0.2, 0.25) is 0 Å². The number of rotatable bonds is 2. The molecule has 1 aliphatic carbocycles. The average molecular weight is 257 g/mol. The first kappa shape index (κ1) is 12.3. The summed E-state index contributed by atoms with van der Waals surface area (Å²) in [7, 11) is 3.59. The summed E-state index contributed by atoms with van der Waals surface area (Å²) in [6, 6.07) is 8.50. The van der Waals surface area contributed by atoms with Crippen LogP contribution < -0.4 is 4.90 Å². The SMILES string of the molecule is COC(=O)CC1CCC=C2C1c1ccccc1N2C. The highest BCUT2D eigenvalue weighted by Crippen LogP contribution is 2.50. The van der Waals surface area contributed by atoms with Crippen molar-refractivity contribution in [1.29, 1.82) is 0 Å². The Hall–Kier alpha value is -1.77. The molecule has 19 heavy (non-hydrogen) atoms. The van der Waals surface area contributed by atoms with E-state index in [1.165, 1.54) is 24.1 Å². The highest BCUT2D eigenvalue weighted by molar-refractivity contribution is 5.72. The second-order valence-corrected chi connectivity index (χ2v) is 5.34. The minimum Gasteiger partial charge on any atom is -0.469 e. The van der Waals surface area contributed by atoms with Crippen molar-refractivity contribution in [3.05, 3.63) is 41.6 Å². The molecule has 0 saturated carbocycles. The number of allylic oxidation sites excluding steroid dienone is 2. The van der Waals surface area contributed by atoms with Crippen molar-refractivity contribution < 1.29 is 9.53 Å². The van der Waals surface area contributed by atoms with Gasteiger partial charge in [-0.1, -0.05) is 24.3 Å². The maximum atomic E-state index is 11.6. The van der Waals surface area contributed by atoms with Gasteiger partial charge in [0, 0.05) is 30.8 Å². The lowest BCUT2D eigenvalue weighted by molar-refractivity contribution is -0.141. The van der Waals surface area contributed by atoms with Crippen molar-refractivity contribution in [3.8, 4) is 0 Å². The summed E-state index contributed by atoms with van der Waals surface area (Å²) in [6.45, 7) is 0. The zero-order chi connectivity index (χ0) is 13.4. The van der Waals surface area contributed by atoms with Gasteiger partial charge < -0.3 is 9.64 Å². The average Bonchev–Trinajstić information content (AvgIpc) is 2.74. The van der Waals surface area contributed by atoms with Crippen molar-refractivity contribution >= 4 is 11.7 Å². The summed E-state index contributed by atoms with van der Waals surface area (Å²) in [6.07, 6.45) is 4.94. The summed E-state index contributed by atoms with van der Waals surface area (Å²) in [4.78, 5) is 13.9. The number of para-hydroxylation sites is 1. The molecule has 0 spiro atoms. The topological polar surface area (TPSA) is 29.5 Å². The number of fused-ring (bicyclic) bond motifs is 3. The summed E-state index contributed by atoms with van der Waals surface area (Å²) in [5.41, 5.74) is 3.97. The Balaban J connectivity index is 1.97. The molecule has 0 saturated heterocycles. The molecule has 0 aromatic heterocycles. The van der Waals surface area contributed by atoms with Gasteiger partial charge in [-0.05, 0) is 30.4 Å². The molecular weight excluding hydrogens is 238 g/mol. The van der Waals surface area contributed by atoms with Crippen LogP contribution in [0.25, 0.3) is 0 Å². The number of anilines is 1. The van der Waals surface area contributed by atoms with Crippen molar-refractivity contribution in [1.82, 2.24) is 0 Å². The van der Waals surface area contributed by atoms with Gasteiger partial charge in [-0.2, -0.15) is 0 Å². The van der Waals surface area contributed by atoms with Crippen LogP contribution >= 0.6 is 0 Å². The predicted molar refractivity (Wildman–Crippen MR) is 75.0 cm³/mol. The molecule has 2 unspecified atom stereocenters. The van der Waals surface area contributed by atoms with Gasteiger partial charge in [-0.15, -0.1) is 0 Å². The maximum absolute atomic E-state index is 11.6. The molecule has 100 valence electrons. The van der Waals surface area contributed by atoms with E-state index in [1.54, 1.807) is 0 Å². The molecular formula is C16H19NO2. The number of nitrogens with zero attached hydrogens (tertiary/aromatic N) is 1. The Morgan fingerprint density at radius 3 is 3.00 bits per heavy atom. The van der Waals surface area contributed by atoms with Crippen LogP contribution in [0.1, 0.15) is 30.7 Å². The fraction of sp³-hybridized carbons (Fsp3) is 0.438. The van der Waals surface area contributed by atoms with Crippen LogP contribution in [0.3, 0.4) is 0 Å². The second-order valence-electron chi connectivity index (χ2n) is 5.34. The third-order valence-corrected chi connectivity index (χ3v) is 4.36. The van der Waals surface area contributed by atoms with Crippen LogP contribution in [0, 0.1) is 5.92 Å². The van der Waals surface area contributed by atoms with Crippen molar-refractivity contribution in [2.75, 3.05) is 19.1 Å². The molecule has 0 amide bonds. The Bertz CT molecular complexity index is 535. The molecule has 1 heterocycles. The third kappa shape index (κ3) is 1.93. The van der Waals surface area contributed by atoms with Gasteiger partial charge in [0.05, 0.1) is 7.11 Å². The molecule has 0 bridgehead atoms. The van der Waals surface area contributed by atoms with E-state index in [0.29, 0.717) is 18.3 Å². The van der Waals surface area contributed by atoms with Crippen LogP contribution in [0.2, 0.25) is 0 Å². The standard InChI is InChI=1S/C16H19NO2/c1-17-13-8-4-3-7-12(13)16-11(10-15(18)19-2)6-5-9-14(16)17/h3-4,7-9,11,16H,5-6,10H2,1-2H3. The lowest BCUT2D eigenvalue weighted by atomic mass is 9.77. The molecule has 0 radical (unpaired) electrons. The highest BCUT2D eigenvalue weighted by Gasteiger charge is 2.39. The Morgan fingerprint density at radius 1 is 1.42 bits per heavy atom. The molecule has 1 aromatic rings. The summed E-state index contributed by atoms with van der Waals surface area (Å²) >= 11 is 0. The van der Waals surface area contributed by atoms with Crippen LogP contribution in [-0.2, 0) is 9.53 Å². The first-order valence-electron chi connectivity index (χ1n) is 6.82. The van der Waals surface area contributed by atoms with E-state index in [4.69, 9.17) is 4.74 Å². The van der Waals surface area contributed by atoms with Gasteiger partial charge in [0.15, 0.2) is 0 Å². The molecule has 1 aliphatic heterocycles. The number of likely N-dealkylation sites (N-methyl/N-ethyl adjacent to an activating group) is 1. The zero-order valence-electron chi connectivity index (χ0n) is 11.4. The summed E-state index contributed by atoms with van der Waals surface area (Å²) in [5, 5.41) is 0. The number of ether oxygens (including phenoxy) is 1. The van der Waals surface area contributed by atoms with Crippen LogP contribution in [0.4, 0.5) is 5.69 Å². The molecule has 2 atom stereocenters. The van der Waals surface area contributed by atoms with Crippen molar-refractivity contribution in [3.63, 3.8) is 0 Å². The van der Waals surface area contributed by atoms with Gasteiger partial charge in [0.1, 0.15) is 0 Å². The van der Waals surface area contributed by atoms with Gasteiger partial charge in [-0.3, -0.25) is 4.79 Å². The Morgan fingerprint density at radius 2 is 2.21 bits per heavy atom. The van der Waals surface area contributed by atoms with E-state index in [9.17, 15) is 4.79 Å². The molecule has 0 N–H and O–H groups in total. The molecule has 3 nitrogen and oxygen atoms in total. The summed E-state index contributed by atoms with van der Waals surface area (Å²) in [5.74, 6) is 0.617. The molecule has 3 rings (SSSR count). The molecule has 3 heteroatoms. The Kier molecular flexibility index (Phi) is 3.05. The number of benzene rings is 1.